The van der Waals surface area contributed by atoms with Gasteiger partial charge in [-0.1, -0.05) is 6.92 Å². The van der Waals surface area contributed by atoms with Crippen molar-refractivity contribution in [3.05, 3.63) is 30.1 Å². The van der Waals surface area contributed by atoms with E-state index in [0.29, 0.717) is 6.42 Å². The molecule has 0 aliphatic rings. The summed E-state index contributed by atoms with van der Waals surface area (Å²) in [5.41, 5.74) is 3.58. The van der Waals surface area contributed by atoms with Gasteiger partial charge in [-0.15, -0.1) is 0 Å². The highest BCUT2D eigenvalue weighted by molar-refractivity contribution is 6.00. The molecule has 0 bridgehead atoms. The second kappa shape index (κ2) is 6.14. The summed E-state index contributed by atoms with van der Waals surface area (Å²) >= 11 is 0. The molecule has 0 fully saturated rings. The largest absolute Gasteiger partial charge is 0.443 e. The number of pyridine rings is 1. The maximum atomic E-state index is 11.5. The monoisotopic (exact) mass is 249 g/mol. The topological polar surface area (TPSA) is 63.6 Å². The molecule has 0 aromatic carbocycles. The van der Waals surface area contributed by atoms with Gasteiger partial charge in [0, 0.05) is 18.0 Å². The van der Waals surface area contributed by atoms with Gasteiger partial charge >= 0.3 is 6.09 Å². The summed E-state index contributed by atoms with van der Waals surface area (Å²) in [4.78, 5) is 15.4. The zero-order chi connectivity index (χ0) is 13.6. The van der Waals surface area contributed by atoms with E-state index in [0.717, 1.165) is 11.3 Å². The van der Waals surface area contributed by atoms with E-state index in [2.05, 4.69) is 15.5 Å². The molecule has 5 nitrogen and oxygen atoms in total. The number of ether oxygens (including phenoxy) is 1. The summed E-state index contributed by atoms with van der Waals surface area (Å²) in [6.45, 7) is 7.38. The van der Waals surface area contributed by atoms with Crippen molar-refractivity contribution in [3.63, 3.8) is 0 Å². The Hall–Kier alpha value is -1.91. The van der Waals surface area contributed by atoms with Crippen molar-refractivity contribution in [1.82, 2.24) is 10.4 Å². The maximum absolute atomic E-state index is 11.5. The van der Waals surface area contributed by atoms with Crippen LogP contribution < -0.4 is 5.43 Å². The Bertz CT molecular complexity index is 422. The standard InChI is InChI=1S/C13H19N3O2/c1-5-11(10-6-8-14-9-7-10)15-16-12(17)18-13(2,3)4/h6-9H,5H2,1-4H3,(H,16,17). The third-order valence-electron chi connectivity index (χ3n) is 2.03. The molecule has 1 amide bonds. The molecule has 1 aromatic heterocycles. The number of rotatable bonds is 3. The van der Waals surface area contributed by atoms with Gasteiger partial charge in [-0.2, -0.15) is 5.10 Å². The van der Waals surface area contributed by atoms with Crippen LogP contribution in [0.1, 0.15) is 39.7 Å². The molecule has 1 heterocycles. The summed E-state index contributed by atoms with van der Waals surface area (Å²) in [5.74, 6) is 0. The van der Waals surface area contributed by atoms with Gasteiger partial charge < -0.3 is 4.74 Å². The highest BCUT2D eigenvalue weighted by Crippen LogP contribution is 2.07. The average Bonchev–Trinajstić information content (AvgIpc) is 2.29. The first-order chi connectivity index (χ1) is 8.42. The number of hydrogen-bond donors (Lipinski definition) is 1. The lowest BCUT2D eigenvalue weighted by Crippen LogP contribution is -2.30. The molecule has 0 unspecified atom stereocenters. The SMILES string of the molecule is CCC(=NNC(=O)OC(C)(C)C)c1ccncc1. The molecule has 0 radical (unpaired) electrons. The predicted molar refractivity (Wildman–Crippen MR) is 70.4 cm³/mol. The van der Waals surface area contributed by atoms with Gasteiger partial charge in [0.15, 0.2) is 0 Å². The molecule has 5 heteroatoms. The van der Waals surface area contributed by atoms with Gasteiger partial charge in [-0.25, -0.2) is 10.2 Å². The fraction of sp³-hybridized carbons (Fsp3) is 0.462. The lowest BCUT2D eigenvalue weighted by molar-refractivity contribution is 0.0529. The van der Waals surface area contributed by atoms with Crippen LogP contribution in [-0.4, -0.2) is 22.4 Å². The third kappa shape index (κ3) is 4.95. The molecular weight excluding hydrogens is 230 g/mol. The molecule has 1 N–H and O–H groups in total. The zero-order valence-electron chi connectivity index (χ0n) is 11.2. The van der Waals surface area contributed by atoms with Crippen LogP contribution in [0.25, 0.3) is 0 Å². The van der Waals surface area contributed by atoms with Crippen LogP contribution in [0.3, 0.4) is 0 Å². The van der Waals surface area contributed by atoms with Crippen molar-refractivity contribution in [2.24, 2.45) is 5.10 Å². The molecule has 98 valence electrons. The van der Waals surface area contributed by atoms with Gasteiger partial charge in [-0.05, 0) is 39.3 Å². The Balaban J connectivity index is 2.67. The Labute approximate surface area is 107 Å². The van der Waals surface area contributed by atoms with Gasteiger partial charge in [-0.3, -0.25) is 4.98 Å². The average molecular weight is 249 g/mol. The molecule has 0 aliphatic heterocycles. The summed E-state index contributed by atoms with van der Waals surface area (Å²) in [6.07, 6.45) is 3.53. The second-order valence-electron chi connectivity index (χ2n) is 4.76. The number of amides is 1. The van der Waals surface area contributed by atoms with Crippen LogP contribution >= 0.6 is 0 Å². The molecule has 0 saturated heterocycles. The normalized spacial score (nSPS) is 12.1. The first-order valence-corrected chi connectivity index (χ1v) is 5.88. The van der Waals surface area contributed by atoms with Crippen molar-refractivity contribution in [1.29, 1.82) is 0 Å². The van der Waals surface area contributed by atoms with E-state index in [1.54, 1.807) is 33.2 Å². The van der Waals surface area contributed by atoms with E-state index in [-0.39, 0.29) is 0 Å². The van der Waals surface area contributed by atoms with Crippen LogP contribution in [0.15, 0.2) is 29.6 Å². The third-order valence-corrected chi connectivity index (χ3v) is 2.03. The minimum absolute atomic E-state index is 0.525. The number of nitrogens with zero attached hydrogens (tertiary/aromatic N) is 2. The fourth-order valence-corrected chi connectivity index (χ4v) is 1.31. The van der Waals surface area contributed by atoms with Crippen molar-refractivity contribution in [2.75, 3.05) is 0 Å². The fourth-order valence-electron chi connectivity index (χ4n) is 1.31. The number of aromatic nitrogens is 1. The highest BCUT2D eigenvalue weighted by Gasteiger charge is 2.15. The van der Waals surface area contributed by atoms with Crippen LogP contribution in [0.4, 0.5) is 4.79 Å². The zero-order valence-corrected chi connectivity index (χ0v) is 11.2. The number of hydrazone groups is 1. The molecule has 1 aromatic rings. The summed E-state index contributed by atoms with van der Waals surface area (Å²) in [6, 6.07) is 3.69. The summed E-state index contributed by atoms with van der Waals surface area (Å²) < 4.78 is 5.10. The van der Waals surface area contributed by atoms with Crippen molar-refractivity contribution >= 4 is 11.8 Å². The van der Waals surface area contributed by atoms with Crippen LogP contribution in [0.5, 0.6) is 0 Å². The Kier molecular flexibility index (Phi) is 4.83. The maximum Gasteiger partial charge on any atom is 0.428 e. The van der Waals surface area contributed by atoms with E-state index in [4.69, 9.17) is 4.74 Å². The van der Waals surface area contributed by atoms with E-state index < -0.39 is 11.7 Å². The number of hydrogen-bond acceptors (Lipinski definition) is 4. The molecule has 18 heavy (non-hydrogen) atoms. The Morgan fingerprint density at radius 3 is 2.50 bits per heavy atom. The van der Waals surface area contributed by atoms with Gasteiger partial charge in [0.05, 0.1) is 5.71 Å². The van der Waals surface area contributed by atoms with Crippen LogP contribution in [0.2, 0.25) is 0 Å². The number of carbonyl (C=O) groups is 1. The quantitative estimate of drug-likeness (QED) is 0.661. The van der Waals surface area contributed by atoms with E-state index in [9.17, 15) is 4.79 Å². The van der Waals surface area contributed by atoms with Crippen molar-refractivity contribution in [2.45, 2.75) is 39.7 Å². The molecule has 0 saturated carbocycles. The molecule has 1 rings (SSSR count). The highest BCUT2D eigenvalue weighted by atomic mass is 16.6. The first kappa shape index (κ1) is 14.2. The minimum atomic E-state index is -0.553. The minimum Gasteiger partial charge on any atom is -0.443 e. The lowest BCUT2D eigenvalue weighted by atomic mass is 10.1. The van der Waals surface area contributed by atoms with Crippen molar-refractivity contribution in [3.8, 4) is 0 Å². The molecule has 0 atom stereocenters. The van der Waals surface area contributed by atoms with Crippen molar-refractivity contribution < 1.29 is 9.53 Å². The van der Waals surface area contributed by atoms with E-state index >= 15 is 0 Å². The summed E-state index contributed by atoms with van der Waals surface area (Å²) in [7, 11) is 0. The Morgan fingerprint density at radius 2 is 2.00 bits per heavy atom. The van der Waals surface area contributed by atoms with E-state index in [1.807, 2.05) is 19.1 Å². The second-order valence-corrected chi connectivity index (χ2v) is 4.76. The Morgan fingerprint density at radius 1 is 1.39 bits per heavy atom. The molecular formula is C13H19N3O2. The van der Waals surface area contributed by atoms with E-state index in [1.165, 1.54) is 0 Å². The smallest absolute Gasteiger partial charge is 0.428 e. The van der Waals surface area contributed by atoms with Crippen LogP contribution in [-0.2, 0) is 4.74 Å². The number of carbonyl (C=O) groups excluding carboxylic acids is 1. The predicted octanol–water partition coefficient (Wildman–Crippen LogP) is 2.72. The van der Waals surface area contributed by atoms with Gasteiger partial charge in [0.2, 0.25) is 0 Å². The van der Waals surface area contributed by atoms with Crippen LogP contribution in [0, 0.1) is 0 Å². The molecule has 0 aliphatic carbocycles. The molecule has 0 spiro atoms. The first-order valence-electron chi connectivity index (χ1n) is 5.88. The van der Waals surface area contributed by atoms with Gasteiger partial charge in [0.25, 0.3) is 0 Å². The summed E-state index contributed by atoms with van der Waals surface area (Å²) in [5, 5.41) is 4.06. The number of nitrogens with one attached hydrogen (secondary N) is 1. The lowest BCUT2D eigenvalue weighted by Gasteiger charge is -2.18. The van der Waals surface area contributed by atoms with Gasteiger partial charge in [0.1, 0.15) is 5.60 Å².